The van der Waals surface area contributed by atoms with Crippen molar-refractivity contribution in [1.29, 1.82) is 0 Å². The number of rotatable bonds is 49. The molecule has 0 atom stereocenters. The highest BCUT2D eigenvalue weighted by molar-refractivity contribution is 5.69. The van der Waals surface area contributed by atoms with Gasteiger partial charge in [-0.2, -0.15) is 0 Å². The van der Waals surface area contributed by atoms with E-state index in [0.29, 0.717) is 19.6 Å². The van der Waals surface area contributed by atoms with Gasteiger partial charge in [0.1, 0.15) is 0 Å². The molecule has 3 nitrogen and oxygen atoms in total. The van der Waals surface area contributed by atoms with Crippen LogP contribution in [0.25, 0.3) is 0 Å². The average molecular weight is 763 g/mol. The maximum atomic E-state index is 11.9. The lowest BCUT2D eigenvalue weighted by atomic mass is 10.0. The molecule has 0 rings (SSSR count). The molecule has 0 fully saturated rings. The van der Waals surface area contributed by atoms with Gasteiger partial charge in [0.25, 0.3) is 0 Å². The van der Waals surface area contributed by atoms with Crippen LogP contribution in [0.4, 0.5) is 0 Å². The highest BCUT2D eigenvalue weighted by atomic mass is 16.5. The molecule has 0 spiro atoms. The highest BCUT2D eigenvalue weighted by Gasteiger charge is 2.03. The molecule has 324 valence electrons. The number of carbonyl (C=O) groups excluding carboxylic acids is 1. The van der Waals surface area contributed by atoms with E-state index in [1.165, 1.54) is 276 Å². The molecule has 0 radical (unpaired) electrons. The zero-order valence-electron chi connectivity index (χ0n) is 37.4. The quantitative estimate of drug-likeness (QED) is 0.0496. The molecule has 54 heavy (non-hydrogen) atoms. The summed E-state index contributed by atoms with van der Waals surface area (Å²) in [5.74, 6) is 0.0250. The Hall–Kier alpha value is -0.570. The van der Waals surface area contributed by atoms with Crippen LogP contribution < -0.4 is 0 Å². The van der Waals surface area contributed by atoms with E-state index >= 15 is 0 Å². The smallest absolute Gasteiger partial charge is 0.305 e. The van der Waals surface area contributed by atoms with Gasteiger partial charge >= 0.3 is 5.97 Å². The fourth-order valence-corrected chi connectivity index (χ4v) is 8.24. The van der Waals surface area contributed by atoms with E-state index in [0.717, 1.165) is 19.3 Å². The van der Waals surface area contributed by atoms with E-state index in [2.05, 4.69) is 6.92 Å². The van der Waals surface area contributed by atoms with Crippen molar-refractivity contribution in [3.8, 4) is 0 Å². The largest absolute Gasteiger partial charge is 0.466 e. The second kappa shape index (κ2) is 50.4. The van der Waals surface area contributed by atoms with Crippen LogP contribution in [0.15, 0.2) is 0 Å². The van der Waals surface area contributed by atoms with E-state index in [-0.39, 0.29) is 5.97 Å². The maximum absolute atomic E-state index is 11.9. The zero-order chi connectivity index (χ0) is 38.9. The van der Waals surface area contributed by atoms with E-state index in [9.17, 15) is 4.79 Å². The number of unbranched alkanes of at least 4 members (excludes halogenated alkanes) is 44. The molecular formula is C51H102O3. The molecule has 0 aromatic carbocycles. The Balaban J connectivity index is 3.10. The summed E-state index contributed by atoms with van der Waals surface area (Å²) in [6.07, 6.45) is 64.2. The second-order valence-electron chi connectivity index (χ2n) is 17.6. The predicted octanol–water partition coefficient (Wildman–Crippen LogP) is 17.9. The normalized spacial score (nSPS) is 11.5. The Bertz CT molecular complexity index is 663. The lowest BCUT2D eigenvalue weighted by Gasteiger charge is -2.06. The fourth-order valence-electron chi connectivity index (χ4n) is 8.24. The summed E-state index contributed by atoms with van der Waals surface area (Å²) >= 11 is 0. The molecular weight excluding hydrogens is 661 g/mol. The molecule has 0 aliphatic heterocycles. The van der Waals surface area contributed by atoms with Crippen molar-refractivity contribution in [2.75, 3.05) is 13.2 Å². The molecule has 3 heteroatoms. The van der Waals surface area contributed by atoms with Crippen molar-refractivity contribution < 1.29 is 14.6 Å². The molecule has 0 aromatic heterocycles. The molecule has 0 saturated carbocycles. The van der Waals surface area contributed by atoms with Crippen LogP contribution in [0.5, 0.6) is 0 Å². The number of ether oxygens (including phenoxy) is 1. The Morgan fingerprint density at radius 2 is 0.500 bits per heavy atom. The number of hydrogen-bond acceptors (Lipinski definition) is 3. The Morgan fingerprint density at radius 1 is 0.296 bits per heavy atom. The van der Waals surface area contributed by atoms with Crippen LogP contribution in [0.2, 0.25) is 0 Å². The zero-order valence-corrected chi connectivity index (χ0v) is 37.4. The Morgan fingerprint density at radius 3 is 0.741 bits per heavy atom. The first-order valence-corrected chi connectivity index (χ1v) is 25.6. The Kier molecular flexibility index (Phi) is 49.9. The minimum atomic E-state index is 0.0250. The van der Waals surface area contributed by atoms with Crippen LogP contribution >= 0.6 is 0 Å². The molecule has 0 unspecified atom stereocenters. The first-order valence-electron chi connectivity index (χ1n) is 25.6. The van der Waals surface area contributed by atoms with Gasteiger partial charge in [0.15, 0.2) is 0 Å². The van der Waals surface area contributed by atoms with Crippen LogP contribution in [0.3, 0.4) is 0 Å². The summed E-state index contributed by atoms with van der Waals surface area (Å²) in [7, 11) is 0. The first-order chi connectivity index (χ1) is 26.8. The number of esters is 1. The van der Waals surface area contributed by atoms with Gasteiger partial charge in [0.05, 0.1) is 6.61 Å². The molecule has 0 aromatic rings. The summed E-state index contributed by atoms with van der Waals surface area (Å²) in [5, 5.41) is 8.82. The van der Waals surface area contributed by atoms with E-state index in [4.69, 9.17) is 9.84 Å². The molecule has 1 N–H and O–H groups in total. The van der Waals surface area contributed by atoms with Gasteiger partial charge in [-0.3, -0.25) is 4.79 Å². The molecule has 0 aliphatic rings. The first kappa shape index (κ1) is 53.4. The topological polar surface area (TPSA) is 46.5 Å². The van der Waals surface area contributed by atoms with E-state index in [1.807, 2.05) is 0 Å². The third-order valence-electron chi connectivity index (χ3n) is 12.0. The summed E-state index contributed by atoms with van der Waals surface area (Å²) in [6.45, 7) is 3.27. The number of aliphatic hydroxyl groups excluding tert-OH is 1. The van der Waals surface area contributed by atoms with Gasteiger partial charge < -0.3 is 9.84 Å². The molecule has 0 amide bonds. The Labute approximate surface area is 341 Å². The summed E-state index contributed by atoms with van der Waals surface area (Å²) in [4.78, 5) is 11.9. The van der Waals surface area contributed by atoms with E-state index in [1.54, 1.807) is 0 Å². The summed E-state index contributed by atoms with van der Waals surface area (Å²) in [6, 6.07) is 0. The number of hydrogen-bond donors (Lipinski definition) is 1. The summed E-state index contributed by atoms with van der Waals surface area (Å²) < 4.78 is 5.45. The van der Waals surface area contributed by atoms with Gasteiger partial charge in [0, 0.05) is 13.0 Å². The molecule has 0 aliphatic carbocycles. The molecule has 0 heterocycles. The third-order valence-corrected chi connectivity index (χ3v) is 12.0. The van der Waals surface area contributed by atoms with Crippen LogP contribution in [0, 0.1) is 0 Å². The maximum Gasteiger partial charge on any atom is 0.305 e. The van der Waals surface area contributed by atoms with Gasteiger partial charge in [-0.1, -0.05) is 283 Å². The van der Waals surface area contributed by atoms with Crippen molar-refractivity contribution in [3.05, 3.63) is 0 Å². The second-order valence-corrected chi connectivity index (χ2v) is 17.6. The highest BCUT2D eigenvalue weighted by Crippen LogP contribution is 2.18. The predicted molar refractivity (Wildman–Crippen MR) is 241 cm³/mol. The molecule has 0 saturated heterocycles. The van der Waals surface area contributed by atoms with Crippen molar-refractivity contribution in [2.24, 2.45) is 0 Å². The SMILES string of the molecule is CCCCCCCCCCCC(=O)OCCCCCCCCCCCCCCCCCCCCCCCCCCCCCCCCCCCCCCCO. The standard InChI is InChI=1S/C51H102O3/c1-2-3-4-5-6-36-39-42-45-48-51(53)54-50-47-44-41-38-35-33-31-29-27-25-23-21-19-17-15-13-11-9-7-8-10-12-14-16-18-20-22-24-26-28-30-32-34-37-40-43-46-49-52/h52H,2-50H2,1H3. The van der Waals surface area contributed by atoms with Gasteiger partial charge in [-0.25, -0.2) is 0 Å². The third kappa shape index (κ3) is 49.4. The minimum Gasteiger partial charge on any atom is -0.466 e. The monoisotopic (exact) mass is 763 g/mol. The lowest BCUT2D eigenvalue weighted by molar-refractivity contribution is -0.143. The van der Waals surface area contributed by atoms with Crippen molar-refractivity contribution >= 4 is 5.97 Å². The van der Waals surface area contributed by atoms with Crippen LogP contribution in [0.1, 0.15) is 309 Å². The lowest BCUT2D eigenvalue weighted by Crippen LogP contribution is -2.05. The minimum absolute atomic E-state index is 0.0250. The van der Waals surface area contributed by atoms with Crippen LogP contribution in [-0.2, 0) is 9.53 Å². The van der Waals surface area contributed by atoms with Gasteiger partial charge in [-0.05, 0) is 19.3 Å². The molecule has 0 bridgehead atoms. The number of aliphatic hydroxyl groups is 1. The van der Waals surface area contributed by atoms with Gasteiger partial charge in [0.2, 0.25) is 0 Å². The average Bonchev–Trinajstić information content (AvgIpc) is 3.18. The summed E-state index contributed by atoms with van der Waals surface area (Å²) in [5.41, 5.74) is 0. The van der Waals surface area contributed by atoms with Gasteiger partial charge in [-0.15, -0.1) is 0 Å². The van der Waals surface area contributed by atoms with Crippen molar-refractivity contribution in [1.82, 2.24) is 0 Å². The van der Waals surface area contributed by atoms with Crippen molar-refractivity contribution in [3.63, 3.8) is 0 Å². The van der Waals surface area contributed by atoms with Crippen LogP contribution in [-0.4, -0.2) is 24.3 Å². The van der Waals surface area contributed by atoms with Crippen molar-refractivity contribution in [2.45, 2.75) is 309 Å². The number of carbonyl (C=O) groups is 1. The van der Waals surface area contributed by atoms with E-state index < -0.39 is 0 Å². The fraction of sp³-hybridized carbons (Fsp3) is 0.980.